The molecule has 1 amide bonds. The largest absolute Gasteiger partial charge is 0.417 e. The minimum Gasteiger partial charge on any atom is -0.352 e. The fourth-order valence-corrected chi connectivity index (χ4v) is 5.64. The summed E-state index contributed by atoms with van der Waals surface area (Å²) in [6, 6.07) is 13.9. The zero-order valence-corrected chi connectivity index (χ0v) is 22.8. The first-order valence-electron chi connectivity index (χ1n) is 12.5. The van der Waals surface area contributed by atoms with Gasteiger partial charge in [0.15, 0.2) is 0 Å². The third kappa shape index (κ3) is 7.02. The average Bonchev–Trinajstić information content (AvgIpc) is 2.92. The molecule has 1 aliphatic rings. The van der Waals surface area contributed by atoms with E-state index >= 15 is 0 Å². The first-order valence-corrected chi connectivity index (χ1v) is 14.3. The molecule has 1 aromatic heterocycles. The molecule has 1 N–H and O–H groups in total. The van der Waals surface area contributed by atoms with Crippen molar-refractivity contribution >= 4 is 39.0 Å². The molecule has 0 aliphatic carbocycles. The van der Waals surface area contributed by atoms with Crippen molar-refractivity contribution in [3.8, 4) is 0 Å². The number of nitrogens with zero attached hydrogens (tertiary/aromatic N) is 3. The quantitative estimate of drug-likeness (QED) is 0.361. The summed E-state index contributed by atoms with van der Waals surface area (Å²) in [6.45, 7) is 3.24. The summed E-state index contributed by atoms with van der Waals surface area (Å²) in [4.78, 5) is 20.3. The number of benzene rings is 2. The van der Waals surface area contributed by atoms with E-state index in [9.17, 15) is 26.4 Å². The van der Waals surface area contributed by atoms with Gasteiger partial charge in [-0.2, -0.15) is 13.2 Å². The second-order valence-corrected chi connectivity index (χ2v) is 11.3. The van der Waals surface area contributed by atoms with Crippen molar-refractivity contribution < 1.29 is 26.4 Å². The molecule has 4 rings (SSSR count). The highest BCUT2D eigenvalue weighted by Gasteiger charge is 2.32. The fourth-order valence-electron chi connectivity index (χ4n) is 4.25. The van der Waals surface area contributed by atoms with E-state index in [0.717, 1.165) is 37.1 Å². The van der Waals surface area contributed by atoms with Gasteiger partial charge in [0.05, 0.1) is 15.5 Å². The van der Waals surface area contributed by atoms with Crippen molar-refractivity contribution in [1.29, 1.82) is 0 Å². The molecule has 2 heterocycles. The second-order valence-electron chi connectivity index (χ2n) is 9.24. The van der Waals surface area contributed by atoms with Gasteiger partial charge in [-0.3, -0.25) is 9.52 Å². The lowest BCUT2D eigenvalue weighted by molar-refractivity contribution is -0.137. The van der Waals surface area contributed by atoms with Gasteiger partial charge in [0.25, 0.3) is 15.9 Å². The lowest BCUT2D eigenvalue weighted by Gasteiger charge is -2.36. The third-order valence-corrected chi connectivity index (χ3v) is 8.09. The molecule has 1 aliphatic heterocycles. The van der Waals surface area contributed by atoms with Gasteiger partial charge in [0, 0.05) is 43.6 Å². The fraction of sp³-hybridized carbons (Fsp3) is 0.333. The Balaban J connectivity index is 1.40. The van der Waals surface area contributed by atoms with Crippen LogP contribution in [0, 0.1) is 0 Å². The minimum atomic E-state index is -4.54. The monoisotopic (exact) mass is 580 g/mol. The summed E-state index contributed by atoms with van der Waals surface area (Å²) in [6.07, 6.45) is -0.753. The number of carbonyl (C=O) groups is 1. The van der Waals surface area contributed by atoms with Crippen LogP contribution >= 0.6 is 11.6 Å². The Labute approximate surface area is 230 Å². The number of piperazine rings is 1. The molecule has 39 heavy (non-hydrogen) atoms. The van der Waals surface area contributed by atoms with Gasteiger partial charge < -0.3 is 9.80 Å². The van der Waals surface area contributed by atoms with Gasteiger partial charge in [-0.25, -0.2) is 13.4 Å². The number of carbonyl (C=O) groups excluding carboxylic acids is 1. The molecular weight excluding hydrogens is 553 g/mol. The van der Waals surface area contributed by atoms with Gasteiger partial charge in [0.2, 0.25) is 0 Å². The maximum atomic E-state index is 13.2. The molecule has 2 aromatic carbocycles. The lowest BCUT2D eigenvalue weighted by atomic mass is 10.1. The van der Waals surface area contributed by atoms with Crippen LogP contribution in [0.25, 0.3) is 0 Å². The average molecular weight is 581 g/mol. The number of hydrogen-bond donors (Lipinski definition) is 1. The number of unbranched alkanes of at least 4 members (excludes halogenated alkanes) is 1. The van der Waals surface area contributed by atoms with E-state index in [1.165, 1.54) is 18.2 Å². The molecule has 208 valence electrons. The smallest absolute Gasteiger partial charge is 0.352 e. The second kappa shape index (κ2) is 11.8. The van der Waals surface area contributed by atoms with Gasteiger partial charge >= 0.3 is 6.18 Å². The Morgan fingerprint density at radius 3 is 2.36 bits per heavy atom. The summed E-state index contributed by atoms with van der Waals surface area (Å²) in [5.74, 6) is -0.132. The Morgan fingerprint density at radius 2 is 1.74 bits per heavy atom. The Bertz CT molecular complexity index is 1420. The van der Waals surface area contributed by atoms with E-state index in [1.807, 2.05) is 12.1 Å². The number of rotatable bonds is 8. The number of anilines is 2. The van der Waals surface area contributed by atoms with Crippen molar-refractivity contribution in [2.24, 2.45) is 0 Å². The number of sulfonamides is 1. The standard InChI is InChI=1S/C27H28ClF3N4O3S/c1-2-3-5-19-8-10-22(11-9-19)33-39(37,38)23-7-4-6-20(16-23)26(36)35-14-12-34(13-15-35)25-24(28)17-21(18-32-25)27(29,30)31/h4,6-11,16-18,33H,2-3,5,12-15H2,1H3. The summed E-state index contributed by atoms with van der Waals surface area (Å²) in [5.41, 5.74) is 0.841. The van der Waals surface area contributed by atoms with Crippen molar-refractivity contribution in [1.82, 2.24) is 9.88 Å². The number of alkyl halides is 3. The molecule has 0 atom stereocenters. The van der Waals surface area contributed by atoms with Crippen molar-refractivity contribution in [2.75, 3.05) is 35.8 Å². The van der Waals surface area contributed by atoms with Crippen LogP contribution in [0.1, 0.15) is 41.3 Å². The number of hydrogen-bond acceptors (Lipinski definition) is 5. The number of nitrogens with one attached hydrogen (secondary N) is 1. The number of aromatic nitrogens is 1. The molecule has 7 nitrogen and oxygen atoms in total. The first-order chi connectivity index (χ1) is 18.5. The van der Waals surface area contributed by atoms with E-state index in [4.69, 9.17) is 11.6 Å². The topological polar surface area (TPSA) is 82.6 Å². The predicted molar refractivity (Wildman–Crippen MR) is 145 cm³/mol. The van der Waals surface area contributed by atoms with E-state index < -0.39 is 21.8 Å². The molecular formula is C27H28ClF3N4O3S. The van der Waals surface area contributed by atoms with Gasteiger partial charge in [-0.15, -0.1) is 0 Å². The summed E-state index contributed by atoms with van der Waals surface area (Å²) in [5, 5.41) is -0.120. The summed E-state index contributed by atoms with van der Waals surface area (Å²) >= 11 is 6.06. The van der Waals surface area contributed by atoms with Crippen LogP contribution in [0.4, 0.5) is 24.7 Å². The van der Waals surface area contributed by atoms with Gasteiger partial charge in [-0.05, 0) is 54.8 Å². The van der Waals surface area contributed by atoms with Gasteiger partial charge in [-0.1, -0.05) is 43.1 Å². The molecule has 0 radical (unpaired) electrons. The van der Waals surface area contributed by atoms with Crippen molar-refractivity contribution in [2.45, 2.75) is 37.3 Å². The lowest BCUT2D eigenvalue weighted by Crippen LogP contribution is -2.49. The minimum absolute atomic E-state index is 0.0391. The van der Waals surface area contributed by atoms with E-state index in [-0.39, 0.29) is 40.3 Å². The molecule has 0 saturated carbocycles. The normalized spacial score (nSPS) is 14.4. The Morgan fingerprint density at radius 1 is 1.05 bits per heavy atom. The molecule has 1 fully saturated rings. The van der Waals surface area contributed by atoms with Crippen LogP contribution in [0.3, 0.4) is 0 Å². The van der Waals surface area contributed by atoms with E-state index in [1.54, 1.807) is 28.0 Å². The van der Waals surface area contributed by atoms with Crippen LogP contribution in [-0.2, 0) is 22.6 Å². The predicted octanol–water partition coefficient (Wildman–Crippen LogP) is 5.86. The molecule has 0 unspecified atom stereocenters. The zero-order valence-electron chi connectivity index (χ0n) is 21.2. The Hall–Kier alpha value is -3.31. The van der Waals surface area contributed by atoms with E-state index in [0.29, 0.717) is 18.8 Å². The van der Waals surface area contributed by atoms with E-state index in [2.05, 4.69) is 16.6 Å². The van der Waals surface area contributed by atoms with Crippen LogP contribution in [-0.4, -0.2) is 50.4 Å². The number of aryl methyl sites for hydroxylation is 1. The molecule has 12 heteroatoms. The summed E-state index contributed by atoms with van der Waals surface area (Å²) < 4.78 is 67.3. The van der Waals surface area contributed by atoms with Gasteiger partial charge in [0.1, 0.15) is 5.82 Å². The zero-order chi connectivity index (χ0) is 28.2. The number of halogens is 4. The maximum absolute atomic E-state index is 13.2. The molecule has 0 spiro atoms. The maximum Gasteiger partial charge on any atom is 0.417 e. The summed E-state index contributed by atoms with van der Waals surface area (Å²) in [7, 11) is -3.93. The molecule has 1 saturated heterocycles. The van der Waals surface area contributed by atoms with Crippen LogP contribution in [0.2, 0.25) is 5.02 Å². The first kappa shape index (κ1) is 28.7. The third-order valence-electron chi connectivity index (χ3n) is 6.43. The highest BCUT2D eigenvalue weighted by Crippen LogP contribution is 2.34. The van der Waals surface area contributed by atoms with Crippen LogP contribution in [0.5, 0.6) is 0 Å². The van der Waals surface area contributed by atoms with Crippen LogP contribution in [0.15, 0.2) is 65.7 Å². The van der Waals surface area contributed by atoms with Crippen LogP contribution < -0.4 is 9.62 Å². The highest BCUT2D eigenvalue weighted by atomic mass is 35.5. The van der Waals surface area contributed by atoms with Crippen molar-refractivity contribution in [3.63, 3.8) is 0 Å². The van der Waals surface area contributed by atoms with Crippen molar-refractivity contribution in [3.05, 3.63) is 82.5 Å². The SMILES string of the molecule is CCCCc1ccc(NS(=O)(=O)c2cccc(C(=O)N3CCN(c4ncc(C(F)(F)F)cc4Cl)CC3)c2)cc1. The highest BCUT2D eigenvalue weighted by molar-refractivity contribution is 7.92. The number of amides is 1. The Kier molecular flexibility index (Phi) is 8.70. The molecule has 3 aromatic rings. The molecule has 0 bridgehead atoms. The number of pyridine rings is 1.